The van der Waals surface area contributed by atoms with E-state index in [0.29, 0.717) is 31.1 Å². The smallest absolute Gasteiger partial charge is 0.149 e. The third-order valence-corrected chi connectivity index (χ3v) is 6.15. The molecule has 0 aliphatic carbocycles. The number of hydrogen-bond donors (Lipinski definition) is 0. The second kappa shape index (κ2) is 8.75. The van der Waals surface area contributed by atoms with E-state index in [1.165, 1.54) is 18.2 Å². The lowest BCUT2D eigenvalue weighted by molar-refractivity contribution is 0.0834. The maximum Gasteiger partial charge on any atom is 0.149 e. The Morgan fingerprint density at radius 3 is 2.50 bits per heavy atom. The van der Waals surface area contributed by atoms with Crippen LogP contribution in [-0.4, -0.2) is 17.8 Å². The Labute approximate surface area is 186 Å². The van der Waals surface area contributed by atoms with Crippen molar-refractivity contribution in [3.8, 4) is 11.4 Å². The van der Waals surface area contributed by atoms with Gasteiger partial charge in [0.15, 0.2) is 0 Å². The first-order chi connectivity index (χ1) is 15.6. The van der Waals surface area contributed by atoms with Crippen LogP contribution in [0.1, 0.15) is 35.6 Å². The predicted molar refractivity (Wildman–Crippen MR) is 121 cm³/mol. The van der Waals surface area contributed by atoms with Crippen LogP contribution in [0.3, 0.4) is 0 Å². The second-order valence-corrected chi connectivity index (χ2v) is 8.31. The van der Waals surface area contributed by atoms with E-state index in [1.54, 1.807) is 19.1 Å². The van der Waals surface area contributed by atoms with E-state index in [-0.39, 0.29) is 17.6 Å². The fraction of sp³-hybridized carbons (Fsp3) is 0.259. The van der Waals surface area contributed by atoms with Crippen LogP contribution in [0.25, 0.3) is 16.6 Å². The lowest BCUT2D eigenvalue weighted by atomic mass is 9.95. The number of ether oxygens (including phenoxy) is 2. The first-order valence-electron chi connectivity index (χ1n) is 11.0. The summed E-state index contributed by atoms with van der Waals surface area (Å²) in [7, 11) is 0. The Morgan fingerprint density at radius 2 is 1.75 bits per heavy atom. The van der Waals surface area contributed by atoms with Crippen molar-refractivity contribution in [2.24, 2.45) is 0 Å². The molecular weight excluding hydrogens is 408 g/mol. The van der Waals surface area contributed by atoms with Gasteiger partial charge in [0.25, 0.3) is 0 Å². The fourth-order valence-corrected chi connectivity index (χ4v) is 4.52. The molecule has 0 saturated carbocycles. The van der Waals surface area contributed by atoms with Crippen LogP contribution >= 0.6 is 0 Å². The van der Waals surface area contributed by atoms with Gasteiger partial charge in [0, 0.05) is 30.2 Å². The topological polar surface area (TPSA) is 23.4 Å². The molecule has 5 heteroatoms. The molecule has 3 aromatic carbocycles. The molecule has 5 rings (SSSR count). The third kappa shape index (κ3) is 3.89. The molecule has 32 heavy (non-hydrogen) atoms. The monoisotopic (exact) mass is 433 g/mol. The van der Waals surface area contributed by atoms with Gasteiger partial charge in [-0.2, -0.15) is 0 Å². The molecule has 1 saturated heterocycles. The van der Waals surface area contributed by atoms with Gasteiger partial charge in [-0.3, -0.25) is 0 Å². The Hall–Kier alpha value is -3.18. The van der Waals surface area contributed by atoms with Gasteiger partial charge < -0.3 is 14.0 Å². The van der Waals surface area contributed by atoms with E-state index in [9.17, 15) is 8.78 Å². The van der Waals surface area contributed by atoms with Gasteiger partial charge in [0.2, 0.25) is 0 Å². The number of aromatic nitrogens is 1. The molecule has 1 aromatic heterocycles. The third-order valence-electron chi connectivity index (χ3n) is 6.15. The van der Waals surface area contributed by atoms with Gasteiger partial charge in [-0.15, -0.1) is 0 Å². The molecule has 0 bridgehead atoms. The minimum Gasteiger partial charge on any atom is -0.486 e. The largest absolute Gasteiger partial charge is 0.486 e. The molecule has 0 unspecified atom stereocenters. The Kier molecular flexibility index (Phi) is 5.66. The molecule has 0 spiro atoms. The molecule has 1 aliphatic heterocycles. The van der Waals surface area contributed by atoms with Crippen molar-refractivity contribution in [2.45, 2.75) is 32.3 Å². The summed E-state index contributed by atoms with van der Waals surface area (Å²) in [6.07, 6.45) is 1.70. The number of benzene rings is 3. The summed E-state index contributed by atoms with van der Waals surface area (Å²) >= 11 is 0. The maximum atomic E-state index is 14.3. The highest BCUT2D eigenvalue weighted by molar-refractivity contribution is 5.90. The van der Waals surface area contributed by atoms with Gasteiger partial charge in [0.05, 0.1) is 11.2 Å². The molecule has 1 aliphatic rings. The Morgan fingerprint density at radius 1 is 0.969 bits per heavy atom. The zero-order valence-corrected chi connectivity index (χ0v) is 18.0. The minimum absolute atomic E-state index is 0.190. The number of nitrogens with zero attached hydrogens (tertiary/aromatic N) is 1. The first-order valence-corrected chi connectivity index (χ1v) is 11.0. The summed E-state index contributed by atoms with van der Waals surface area (Å²) in [5.41, 5.74) is 4.30. The molecule has 0 amide bonds. The van der Waals surface area contributed by atoms with Crippen LogP contribution in [0.4, 0.5) is 8.78 Å². The van der Waals surface area contributed by atoms with Crippen LogP contribution in [0.2, 0.25) is 0 Å². The first kappa shape index (κ1) is 20.7. The van der Waals surface area contributed by atoms with Crippen LogP contribution in [0.5, 0.6) is 5.75 Å². The number of fused-ring (bicyclic) bond motifs is 1. The summed E-state index contributed by atoms with van der Waals surface area (Å²) in [6.45, 7) is 3.47. The van der Waals surface area contributed by atoms with Crippen LogP contribution in [-0.2, 0) is 11.3 Å². The normalized spacial score (nSPS) is 14.7. The Balaban J connectivity index is 1.72. The van der Waals surface area contributed by atoms with Gasteiger partial charge in [-0.1, -0.05) is 30.3 Å². The van der Waals surface area contributed by atoms with E-state index >= 15 is 0 Å². The molecule has 0 radical (unpaired) electrons. The molecule has 4 aromatic rings. The molecule has 2 heterocycles. The van der Waals surface area contributed by atoms with Crippen molar-refractivity contribution in [2.75, 3.05) is 13.2 Å². The van der Waals surface area contributed by atoms with Crippen molar-refractivity contribution < 1.29 is 18.3 Å². The average molecular weight is 433 g/mol. The van der Waals surface area contributed by atoms with Gasteiger partial charge in [-0.05, 0) is 67.3 Å². The zero-order chi connectivity index (χ0) is 22.1. The lowest BCUT2D eigenvalue weighted by Gasteiger charge is -2.25. The summed E-state index contributed by atoms with van der Waals surface area (Å²) in [5, 5.41) is 0.726. The summed E-state index contributed by atoms with van der Waals surface area (Å²) in [4.78, 5) is 0. The van der Waals surface area contributed by atoms with Gasteiger partial charge in [0.1, 0.15) is 24.0 Å². The van der Waals surface area contributed by atoms with E-state index in [0.717, 1.165) is 40.7 Å². The van der Waals surface area contributed by atoms with Crippen LogP contribution in [0, 0.1) is 18.6 Å². The number of hydrogen-bond acceptors (Lipinski definition) is 2. The van der Waals surface area contributed by atoms with Gasteiger partial charge >= 0.3 is 0 Å². The van der Waals surface area contributed by atoms with E-state index < -0.39 is 0 Å². The molecule has 1 fully saturated rings. The molecule has 0 N–H and O–H groups in total. The second-order valence-electron chi connectivity index (χ2n) is 8.31. The lowest BCUT2D eigenvalue weighted by Crippen LogP contribution is -2.17. The molecule has 164 valence electrons. The molecular formula is C27H25F2NO2. The SMILES string of the molecule is Cc1cc(-n2c(C3CCOCC3)c(OCc3ccccc3)c3cc(F)ccc32)ccc1F. The van der Waals surface area contributed by atoms with Crippen molar-refractivity contribution in [3.05, 3.63) is 95.2 Å². The van der Waals surface area contributed by atoms with Crippen molar-refractivity contribution in [1.82, 2.24) is 4.57 Å². The van der Waals surface area contributed by atoms with E-state index in [1.807, 2.05) is 36.4 Å². The number of aryl methyl sites for hydroxylation is 1. The zero-order valence-electron chi connectivity index (χ0n) is 18.0. The number of rotatable bonds is 5. The summed E-state index contributed by atoms with van der Waals surface area (Å²) in [6, 6.07) is 19.8. The van der Waals surface area contributed by atoms with Crippen molar-refractivity contribution in [3.63, 3.8) is 0 Å². The van der Waals surface area contributed by atoms with Crippen molar-refractivity contribution in [1.29, 1.82) is 0 Å². The standard InChI is InChI=1S/C27H25F2NO2/c1-18-15-22(8-9-24(18)29)30-25-10-7-21(28)16-23(25)27(26(30)20-11-13-31-14-12-20)32-17-19-5-3-2-4-6-19/h2-10,15-16,20H,11-14,17H2,1H3. The van der Waals surface area contributed by atoms with Crippen LogP contribution in [0.15, 0.2) is 66.7 Å². The quantitative estimate of drug-likeness (QED) is 0.350. The predicted octanol–water partition coefficient (Wildman–Crippen LogP) is 6.69. The van der Waals surface area contributed by atoms with E-state index in [4.69, 9.17) is 9.47 Å². The summed E-state index contributed by atoms with van der Waals surface area (Å²) in [5.74, 6) is 0.324. The average Bonchev–Trinajstić information content (AvgIpc) is 3.14. The fourth-order valence-electron chi connectivity index (χ4n) is 4.52. The molecule has 0 atom stereocenters. The highest BCUT2D eigenvalue weighted by atomic mass is 19.1. The number of halogens is 2. The van der Waals surface area contributed by atoms with Crippen molar-refractivity contribution >= 4 is 10.9 Å². The summed E-state index contributed by atoms with van der Waals surface area (Å²) < 4.78 is 42.5. The van der Waals surface area contributed by atoms with E-state index in [2.05, 4.69) is 4.57 Å². The van der Waals surface area contributed by atoms with Crippen LogP contribution < -0.4 is 4.74 Å². The Bertz CT molecular complexity index is 1240. The molecule has 3 nitrogen and oxygen atoms in total. The van der Waals surface area contributed by atoms with Gasteiger partial charge in [-0.25, -0.2) is 8.78 Å². The highest BCUT2D eigenvalue weighted by Crippen LogP contribution is 2.43. The highest BCUT2D eigenvalue weighted by Gasteiger charge is 2.28. The minimum atomic E-state index is -0.312. The maximum absolute atomic E-state index is 14.3.